The highest BCUT2D eigenvalue weighted by Crippen LogP contribution is 2.47. The number of hydrogen-bond acceptors (Lipinski definition) is 3. The van der Waals surface area contributed by atoms with Crippen LogP contribution < -0.4 is 11.1 Å². The van der Waals surface area contributed by atoms with Gasteiger partial charge in [-0.25, -0.2) is 0 Å². The van der Waals surface area contributed by atoms with Gasteiger partial charge >= 0.3 is 0 Å². The van der Waals surface area contributed by atoms with Crippen molar-refractivity contribution in [1.82, 2.24) is 5.32 Å². The summed E-state index contributed by atoms with van der Waals surface area (Å²) in [7, 11) is 0. The summed E-state index contributed by atoms with van der Waals surface area (Å²) in [5.74, 6) is -0.0213. The van der Waals surface area contributed by atoms with Gasteiger partial charge in [0, 0.05) is 6.54 Å². The second kappa shape index (κ2) is 5.47. The lowest BCUT2D eigenvalue weighted by molar-refractivity contribution is -0.127. The summed E-state index contributed by atoms with van der Waals surface area (Å²) >= 11 is 0. The molecule has 3 N–H and O–H groups in total. The number of hydrogen-bond donors (Lipinski definition) is 2. The molecule has 1 fully saturated rings. The first-order valence-corrected chi connectivity index (χ1v) is 5.66. The monoisotopic (exact) mass is 214 g/mol. The van der Waals surface area contributed by atoms with Crippen molar-refractivity contribution in [3.8, 4) is 0 Å². The third-order valence-electron chi connectivity index (χ3n) is 2.84. The number of amides is 1. The molecule has 0 atom stereocenters. The van der Waals surface area contributed by atoms with Crippen molar-refractivity contribution in [1.29, 1.82) is 0 Å². The van der Waals surface area contributed by atoms with Crippen molar-refractivity contribution in [3.05, 3.63) is 0 Å². The molecule has 0 heterocycles. The minimum Gasteiger partial charge on any atom is -0.369 e. The van der Waals surface area contributed by atoms with E-state index in [-0.39, 0.29) is 18.6 Å². The van der Waals surface area contributed by atoms with Crippen LogP contribution in [-0.2, 0) is 9.53 Å². The van der Waals surface area contributed by atoms with Gasteiger partial charge in [-0.2, -0.15) is 0 Å². The molecular weight excluding hydrogens is 192 g/mol. The average molecular weight is 214 g/mol. The Morgan fingerprint density at radius 3 is 2.67 bits per heavy atom. The molecule has 0 saturated heterocycles. The lowest BCUT2D eigenvalue weighted by Crippen LogP contribution is -2.34. The Kier molecular flexibility index (Phi) is 4.54. The Morgan fingerprint density at radius 2 is 2.20 bits per heavy atom. The lowest BCUT2D eigenvalue weighted by Gasteiger charge is -2.15. The first-order chi connectivity index (χ1) is 7.08. The highest BCUT2D eigenvalue weighted by atomic mass is 16.5. The molecular formula is C11H22N2O2. The van der Waals surface area contributed by atoms with Crippen molar-refractivity contribution >= 4 is 5.91 Å². The van der Waals surface area contributed by atoms with E-state index in [9.17, 15) is 4.79 Å². The number of nitrogens with one attached hydrogen (secondary N) is 1. The van der Waals surface area contributed by atoms with Crippen molar-refractivity contribution in [2.45, 2.75) is 39.2 Å². The molecule has 0 spiro atoms. The molecule has 88 valence electrons. The van der Waals surface area contributed by atoms with Gasteiger partial charge in [0.1, 0.15) is 6.61 Å². The summed E-state index contributed by atoms with van der Waals surface area (Å²) in [6.07, 6.45) is 3.50. The molecule has 0 radical (unpaired) electrons. The summed E-state index contributed by atoms with van der Waals surface area (Å²) < 4.78 is 5.21. The highest BCUT2D eigenvalue weighted by Gasteiger charge is 2.41. The molecule has 1 amide bonds. The maximum absolute atomic E-state index is 11.4. The summed E-state index contributed by atoms with van der Waals surface area (Å²) in [5, 5.41) is 2.91. The van der Waals surface area contributed by atoms with Gasteiger partial charge in [0.25, 0.3) is 0 Å². The van der Waals surface area contributed by atoms with Crippen LogP contribution >= 0.6 is 0 Å². The standard InChI is InChI=1S/C11H22N2O2/c1-9(2)15-7-10(14)13-8-11(3-4-11)5-6-12/h9H,3-8,12H2,1-2H3,(H,13,14). The summed E-state index contributed by atoms with van der Waals surface area (Å²) in [6.45, 7) is 5.47. The van der Waals surface area contributed by atoms with Crippen LogP contribution in [0, 0.1) is 5.41 Å². The molecule has 0 aromatic heterocycles. The van der Waals surface area contributed by atoms with E-state index < -0.39 is 0 Å². The van der Waals surface area contributed by atoms with Gasteiger partial charge in [-0.05, 0) is 45.1 Å². The fourth-order valence-electron chi connectivity index (χ4n) is 1.58. The summed E-state index contributed by atoms with van der Waals surface area (Å²) in [5.41, 5.74) is 5.83. The third kappa shape index (κ3) is 4.62. The molecule has 15 heavy (non-hydrogen) atoms. The number of ether oxygens (including phenoxy) is 1. The van der Waals surface area contributed by atoms with Crippen LogP contribution in [-0.4, -0.2) is 31.7 Å². The van der Waals surface area contributed by atoms with Crippen LogP contribution in [0.4, 0.5) is 0 Å². The topological polar surface area (TPSA) is 64.3 Å². The van der Waals surface area contributed by atoms with Crippen molar-refractivity contribution in [3.63, 3.8) is 0 Å². The second-order valence-corrected chi connectivity index (χ2v) is 4.68. The van der Waals surface area contributed by atoms with Gasteiger partial charge < -0.3 is 15.8 Å². The van der Waals surface area contributed by atoms with E-state index in [0.29, 0.717) is 12.0 Å². The van der Waals surface area contributed by atoms with Crippen LogP contribution in [0.25, 0.3) is 0 Å². The highest BCUT2D eigenvalue weighted by molar-refractivity contribution is 5.77. The summed E-state index contributed by atoms with van der Waals surface area (Å²) in [4.78, 5) is 11.4. The Morgan fingerprint density at radius 1 is 1.53 bits per heavy atom. The molecule has 0 aromatic rings. The molecule has 4 heteroatoms. The molecule has 1 rings (SSSR count). The van der Waals surface area contributed by atoms with Gasteiger partial charge in [-0.1, -0.05) is 0 Å². The van der Waals surface area contributed by atoms with Gasteiger partial charge in [0.2, 0.25) is 5.91 Å². The normalized spacial score (nSPS) is 17.9. The average Bonchev–Trinajstić information content (AvgIpc) is 2.93. The molecule has 1 aliphatic carbocycles. The molecule has 4 nitrogen and oxygen atoms in total. The number of carbonyl (C=O) groups excluding carboxylic acids is 1. The van der Waals surface area contributed by atoms with Crippen molar-refractivity contribution in [2.24, 2.45) is 11.1 Å². The zero-order valence-corrected chi connectivity index (χ0v) is 9.71. The van der Waals surface area contributed by atoms with Crippen LogP contribution in [0.2, 0.25) is 0 Å². The predicted molar refractivity (Wildman–Crippen MR) is 59.4 cm³/mol. The minimum atomic E-state index is -0.0213. The molecule has 0 aromatic carbocycles. The third-order valence-corrected chi connectivity index (χ3v) is 2.84. The lowest BCUT2D eigenvalue weighted by atomic mass is 10.0. The van der Waals surface area contributed by atoms with Crippen LogP contribution in [0.1, 0.15) is 33.1 Å². The number of carbonyl (C=O) groups is 1. The second-order valence-electron chi connectivity index (χ2n) is 4.68. The van der Waals surface area contributed by atoms with Gasteiger partial charge in [0.15, 0.2) is 0 Å². The molecule has 1 saturated carbocycles. The quantitative estimate of drug-likeness (QED) is 0.654. The Bertz CT molecular complexity index is 213. The van der Waals surface area contributed by atoms with E-state index >= 15 is 0 Å². The van der Waals surface area contributed by atoms with E-state index in [4.69, 9.17) is 10.5 Å². The van der Waals surface area contributed by atoms with Gasteiger partial charge in [-0.15, -0.1) is 0 Å². The van der Waals surface area contributed by atoms with Crippen LogP contribution in [0.3, 0.4) is 0 Å². The first-order valence-electron chi connectivity index (χ1n) is 5.66. The van der Waals surface area contributed by atoms with Crippen molar-refractivity contribution < 1.29 is 9.53 Å². The maximum atomic E-state index is 11.4. The van der Waals surface area contributed by atoms with Crippen LogP contribution in [0.15, 0.2) is 0 Å². The Hall–Kier alpha value is -0.610. The molecule has 0 aliphatic heterocycles. The molecule has 0 bridgehead atoms. The SMILES string of the molecule is CC(C)OCC(=O)NCC1(CCN)CC1. The van der Waals surface area contributed by atoms with E-state index in [1.807, 2.05) is 13.8 Å². The van der Waals surface area contributed by atoms with Crippen molar-refractivity contribution in [2.75, 3.05) is 19.7 Å². The zero-order valence-electron chi connectivity index (χ0n) is 9.71. The number of rotatable bonds is 7. The number of nitrogens with two attached hydrogens (primary N) is 1. The Labute approximate surface area is 91.5 Å². The maximum Gasteiger partial charge on any atom is 0.246 e. The van der Waals surface area contributed by atoms with E-state index in [0.717, 1.165) is 13.0 Å². The zero-order chi connectivity index (χ0) is 11.3. The fourth-order valence-corrected chi connectivity index (χ4v) is 1.58. The molecule has 0 unspecified atom stereocenters. The predicted octanol–water partition coefficient (Wildman–Crippen LogP) is 0.657. The summed E-state index contributed by atoms with van der Waals surface area (Å²) in [6, 6.07) is 0. The molecule has 1 aliphatic rings. The largest absolute Gasteiger partial charge is 0.369 e. The van der Waals surface area contributed by atoms with Crippen LogP contribution in [0.5, 0.6) is 0 Å². The van der Waals surface area contributed by atoms with E-state index in [1.165, 1.54) is 12.8 Å². The Balaban J connectivity index is 2.11. The van der Waals surface area contributed by atoms with Gasteiger partial charge in [0.05, 0.1) is 6.10 Å². The first kappa shape index (κ1) is 12.5. The van der Waals surface area contributed by atoms with E-state index in [2.05, 4.69) is 5.32 Å². The smallest absolute Gasteiger partial charge is 0.246 e. The minimum absolute atomic E-state index is 0.0213. The fraction of sp³-hybridized carbons (Fsp3) is 0.909. The van der Waals surface area contributed by atoms with Gasteiger partial charge in [-0.3, -0.25) is 4.79 Å². The van der Waals surface area contributed by atoms with E-state index in [1.54, 1.807) is 0 Å².